The van der Waals surface area contributed by atoms with Crippen molar-refractivity contribution in [2.45, 2.75) is 19.9 Å². The third-order valence-electron chi connectivity index (χ3n) is 3.49. The number of hydrogen-bond donors (Lipinski definition) is 2. The molecule has 1 atom stereocenters. The van der Waals surface area contributed by atoms with Crippen LogP contribution >= 0.6 is 15.9 Å². The molecule has 0 fully saturated rings. The van der Waals surface area contributed by atoms with E-state index in [4.69, 9.17) is 4.74 Å². The van der Waals surface area contributed by atoms with E-state index >= 15 is 0 Å². The van der Waals surface area contributed by atoms with Crippen molar-refractivity contribution in [2.24, 2.45) is 0 Å². The Labute approximate surface area is 147 Å². The molecule has 0 saturated heterocycles. The maximum absolute atomic E-state index is 12.7. The van der Waals surface area contributed by atoms with Gasteiger partial charge in [-0.15, -0.1) is 0 Å². The largest absolute Gasteiger partial charge is 0.464 e. The summed E-state index contributed by atoms with van der Waals surface area (Å²) in [4.78, 5) is 38.3. The topological polar surface area (TPSA) is 88.3 Å². The quantitative estimate of drug-likeness (QED) is 0.328. The number of aromatic amines is 1. The van der Waals surface area contributed by atoms with Gasteiger partial charge in [-0.25, -0.2) is 4.79 Å². The van der Waals surface area contributed by atoms with E-state index in [1.165, 1.54) is 0 Å². The van der Waals surface area contributed by atoms with Gasteiger partial charge in [-0.05, 0) is 43.2 Å². The average molecular weight is 393 g/mol. The predicted octanol–water partition coefficient (Wildman–Crippen LogP) is 2.61. The minimum absolute atomic E-state index is 0.118. The average Bonchev–Trinajstić information content (AvgIpc) is 3.01. The lowest BCUT2D eigenvalue weighted by Gasteiger charge is -2.14. The Morgan fingerprint density at radius 1 is 1.33 bits per heavy atom. The highest BCUT2D eigenvalue weighted by Gasteiger charge is 2.31. The maximum atomic E-state index is 12.7. The number of benzene rings is 1. The standard InChI is InChI=1S/C17H17BrN2O4/c1-3-24-17(23)15(20-9-21)16(22)14-13(6-7-19-14)12-5-4-11(18)8-10(12)2/h4-9,15,19H,3H2,1-2H3,(H,20,21). The molecule has 0 spiro atoms. The van der Waals surface area contributed by atoms with Gasteiger partial charge < -0.3 is 15.0 Å². The minimum atomic E-state index is -1.38. The molecule has 1 aromatic heterocycles. The summed E-state index contributed by atoms with van der Waals surface area (Å²) in [5.41, 5.74) is 2.73. The number of carbonyl (C=O) groups excluding carboxylic acids is 3. The zero-order valence-corrected chi connectivity index (χ0v) is 14.8. The third-order valence-corrected chi connectivity index (χ3v) is 3.98. The van der Waals surface area contributed by atoms with Crippen LogP contribution in [0.25, 0.3) is 11.1 Å². The van der Waals surface area contributed by atoms with Gasteiger partial charge in [0, 0.05) is 16.2 Å². The van der Waals surface area contributed by atoms with Crippen molar-refractivity contribution in [2.75, 3.05) is 6.61 Å². The highest BCUT2D eigenvalue weighted by atomic mass is 79.9. The number of nitrogens with one attached hydrogen (secondary N) is 2. The monoisotopic (exact) mass is 392 g/mol. The Hall–Kier alpha value is -2.41. The molecule has 6 nitrogen and oxygen atoms in total. The molecule has 126 valence electrons. The highest BCUT2D eigenvalue weighted by Crippen LogP contribution is 2.29. The number of carbonyl (C=O) groups is 3. The number of ether oxygens (including phenoxy) is 1. The summed E-state index contributed by atoms with van der Waals surface area (Å²) >= 11 is 3.40. The zero-order valence-electron chi connectivity index (χ0n) is 13.3. The van der Waals surface area contributed by atoms with Crippen LogP contribution < -0.4 is 5.32 Å². The van der Waals surface area contributed by atoms with Gasteiger partial charge in [0.2, 0.25) is 12.2 Å². The van der Waals surface area contributed by atoms with Crippen LogP contribution in [-0.4, -0.2) is 35.8 Å². The molecule has 0 bridgehead atoms. The zero-order chi connectivity index (χ0) is 17.7. The van der Waals surface area contributed by atoms with E-state index in [2.05, 4.69) is 26.2 Å². The summed E-state index contributed by atoms with van der Waals surface area (Å²) in [6, 6.07) is 6.06. The van der Waals surface area contributed by atoms with E-state index < -0.39 is 17.8 Å². The number of ketones is 1. The Bertz CT molecular complexity index is 770. The van der Waals surface area contributed by atoms with Crippen LogP contribution in [-0.2, 0) is 14.3 Å². The number of hydrogen-bond acceptors (Lipinski definition) is 4. The molecule has 0 aliphatic heterocycles. The summed E-state index contributed by atoms with van der Waals surface area (Å²) in [5, 5.41) is 2.23. The fourth-order valence-electron chi connectivity index (χ4n) is 2.42. The predicted molar refractivity (Wildman–Crippen MR) is 92.6 cm³/mol. The summed E-state index contributed by atoms with van der Waals surface area (Å²) in [5.74, 6) is -1.34. The van der Waals surface area contributed by atoms with Gasteiger partial charge in [0.15, 0.2) is 6.04 Å². The molecule has 1 amide bonds. The van der Waals surface area contributed by atoms with E-state index in [-0.39, 0.29) is 12.3 Å². The lowest BCUT2D eigenvalue weighted by Crippen LogP contribution is -2.44. The maximum Gasteiger partial charge on any atom is 0.336 e. The number of H-pyrrole nitrogens is 1. The number of amides is 1. The van der Waals surface area contributed by atoms with Crippen LogP contribution in [0.3, 0.4) is 0 Å². The van der Waals surface area contributed by atoms with E-state index in [1.807, 2.05) is 25.1 Å². The molecule has 0 aliphatic carbocycles. The van der Waals surface area contributed by atoms with Crippen molar-refractivity contribution in [3.8, 4) is 11.1 Å². The van der Waals surface area contributed by atoms with Crippen LogP contribution in [0.5, 0.6) is 0 Å². The molecule has 1 heterocycles. The lowest BCUT2D eigenvalue weighted by atomic mass is 9.97. The molecule has 2 aromatic rings. The fraction of sp³-hybridized carbons (Fsp3) is 0.235. The van der Waals surface area contributed by atoms with E-state index in [1.54, 1.807) is 19.2 Å². The summed E-state index contributed by atoms with van der Waals surface area (Å²) in [7, 11) is 0. The lowest BCUT2D eigenvalue weighted by molar-refractivity contribution is -0.145. The molecule has 7 heteroatoms. The molecule has 0 aliphatic rings. The van der Waals surface area contributed by atoms with Gasteiger partial charge >= 0.3 is 5.97 Å². The Kier molecular flexibility index (Phi) is 5.92. The summed E-state index contributed by atoms with van der Waals surface area (Å²) < 4.78 is 5.79. The first-order chi connectivity index (χ1) is 11.5. The van der Waals surface area contributed by atoms with Gasteiger partial charge in [0.05, 0.1) is 12.3 Å². The number of esters is 1. The minimum Gasteiger partial charge on any atom is -0.464 e. The fourth-order valence-corrected chi connectivity index (χ4v) is 2.89. The molecule has 1 unspecified atom stereocenters. The van der Waals surface area contributed by atoms with Crippen LogP contribution in [0.2, 0.25) is 0 Å². The van der Waals surface area contributed by atoms with Crippen molar-refractivity contribution in [1.82, 2.24) is 10.3 Å². The molecule has 24 heavy (non-hydrogen) atoms. The molecule has 2 rings (SSSR count). The number of aromatic nitrogens is 1. The first kappa shape index (κ1) is 17.9. The van der Waals surface area contributed by atoms with Gasteiger partial charge in [-0.3, -0.25) is 9.59 Å². The van der Waals surface area contributed by atoms with Crippen molar-refractivity contribution in [3.05, 3.63) is 46.2 Å². The molecule has 0 radical (unpaired) electrons. The molecule has 0 saturated carbocycles. The van der Waals surface area contributed by atoms with Crippen LogP contribution in [0.1, 0.15) is 23.0 Å². The Balaban J connectivity index is 2.42. The SMILES string of the molecule is CCOC(=O)C(NC=O)C(=O)c1[nH]ccc1-c1ccc(Br)cc1C. The Morgan fingerprint density at radius 3 is 2.71 bits per heavy atom. The third kappa shape index (κ3) is 3.73. The highest BCUT2D eigenvalue weighted by molar-refractivity contribution is 9.10. The van der Waals surface area contributed by atoms with Gasteiger partial charge in [-0.2, -0.15) is 0 Å². The number of Topliss-reactive ketones (excluding diaryl/α,β-unsaturated/α-hetero) is 1. The second kappa shape index (κ2) is 7.92. The molecular weight excluding hydrogens is 376 g/mol. The normalized spacial score (nSPS) is 11.6. The summed E-state index contributed by atoms with van der Waals surface area (Å²) in [6.07, 6.45) is 1.93. The second-order valence-electron chi connectivity index (χ2n) is 5.06. The summed E-state index contributed by atoms with van der Waals surface area (Å²) in [6.45, 7) is 3.67. The first-order valence-electron chi connectivity index (χ1n) is 7.34. The van der Waals surface area contributed by atoms with Gasteiger partial charge in [0.1, 0.15) is 0 Å². The van der Waals surface area contributed by atoms with Crippen molar-refractivity contribution < 1.29 is 19.1 Å². The second-order valence-corrected chi connectivity index (χ2v) is 5.98. The van der Waals surface area contributed by atoms with E-state index in [9.17, 15) is 14.4 Å². The van der Waals surface area contributed by atoms with E-state index in [0.29, 0.717) is 12.0 Å². The van der Waals surface area contributed by atoms with Gasteiger partial charge in [0.25, 0.3) is 0 Å². The molecular formula is C17H17BrN2O4. The number of aryl methyl sites for hydroxylation is 1. The molecule has 2 N–H and O–H groups in total. The number of halogens is 1. The smallest absolute Gasteiger partial charge is 0.336 e. The Morgan fingerprint density at radius 2 is 2.08 bits per heavy atom. The number of rotatable bonds is 7. The van der Waals surface area contributed by atoms with E-state index in [0.717, 1.165) is 15.6 Å². The van der Waals surface area contributed by atoms with Crippen LogP contribution in [0.15, 0.2) is 34.9 Å². The van der Waals surface area contributed by atoms with Crippen molar-refractivity contribution in [1.29, 1.82) is 0 Å². The van der Waals surface area contributed by atoms with Crippen molar-refractivity contribution >= 4 is 34.1 Å². The van der Waals surface area contributed by atoms with Gasteiger partial charge in [-0.1, -0.05) is 22.0 Å². The van der Waals surface area contributed by atoms with Crippen LogP contribution in [0.4, 0.5) is 0 Å². The first-order valence-corrected chi connectivity index (χ1v) is 8.13. The van der Waals surface area contributed by atoms with Crippen LogP contribution in [0, 0.1) is 6.92 Å². The van der Waals surface area contributed by atoms with Crippen molar-refractivity contribution in [3.63, 3.8) is 0 Å². The molecule has 1 aromatic carbocycles.